The van der Waals surface area contributed by atoms with Crippen molar-refractivity contribution in [2.24, 2.45) is 11.7 Å². The van der Waals surface area contributed by atoms with E-state index in [2.05, 4.69) is 0 Å². The molecule has 19 heavy (non-hydrogen) atoms. The molecule has 0 aliphatic carbocycles. The second-order valence-electron chi connectivity index (χ2n) is 4.66. The Morgan fingerprint density at radius 2 is 2.16 bits per heavy atom. The fourth-order valence-corrected chi connectivity index (χ4v) is 2.40. The molecule has 6 nitrogen and oxygen atoms in total. The van der Waals surface area contributed by atoms with Gasteiger partial charge >= 0.3 is 5.69 Å². The highest BCUT2D eigenvalue weighted by molar-refractivity contribution is 5.49. The predicted octanol–water partition coefficient (Wildman–Crippen LogP) is 2.03. The van der Waals surface area contributed by atoms with Crippen molar-refractivity contribution >= 4 is 5.69 Å². The summed E-state index contributed by atoms with van der Waals surface area (Å²) < 4.78 is 10.3. The molecule has 1 aliphatic heterocycles. The Balaban J connectivity index is 2.24. The highest BCUT2D eigenvalue weighted by Gasteiger charge is 2.25. The number of hydrogen-bond acceptors (Lipinski definition) is 5. The van der Waals surface area contributed by atoms with Crippen LogP contribution in [0.1, 0.15) is 24.4 Å². The summed E-state index contributed by atoms with van der Waals surface area (Å²) >= 11 is 0. The second kappa shape index (κ2) is 5.99. The minimum Gasteiger partial charge on any atom is -0.490 e. The van der Waals surface area contributed by atoms with Gasteiger partial charge in [0.15, 0.2) is 5.75 Å². The molecule has 1 fully saturated rings. The van der Waals surface area contributed by atoms with Gasteiger partial charge in [-0.15, -0.1) is 0 Å². The number of benzene rings is 1. The number of nitrogens with two attached hydrogens (primary N) is 1. The van der Waals surface area contributed by atoms with Crippen molar-refractivity contribution in [3.8, 4) is 5.75 Å². The number of rotatable bonds is 4. The van der Waals surface area contributed by atoms with Crippen molar-refractivity contribution < 1.29 is 14.4 Å². The third-order valence-electron chi connectivity index (χ3n) is 3.56. The lowest BCUT2D eigenvalue weighted by Crippen LogP contribution is -2.27. The third kappa shape index (κ3) is 3.02. The SMILES string of the molecule is COc1ccc([C@@H](N)C2CCOCC2)cc1[N+](=O)[O-]. The van der Waals surface area contributed by atoms with E-state index in [-0.39, 0.29) is 17.5 Å². The zero-order valence-corrected chi connectivity index (χ0v) is 10.9. The van der Waals surface area contributed by atoms with Crippen LogP contribution in [0.25, 0.3) is 0 Å². The molecule has 1 atom stereocenters. The summed E-state index contributed by atoms with van der Waals surface area (Å²) in [6, 6.07) is 4.71. The first-order valence-corrected chi connectivity index (χ1v) is 6.29. The molecule has 0 bridgehead atoms. The smallest absolute Gasteiger partial charge is 0.311 e. The van der Waals surface area contributed by atoms with Crippen LogP contribution in [0.15, 0.2) is 18.2 Å². The Morgan fingerprint density at radius 1 is 1.47 bits per heavy atom. The topological polar surface area (TPSA) is 87.6 Å². The van der Waals surface area contributed by atoms with Crippen LogP contribution < -0.4 is 10.5 Å². The van der Waals surface area contributed by atoms with Gasteiger partial charge in [0.25, 0.3) is 0 Å². The van der Waals surface area contributed by atoms with Crippen molar-refractivity contribution in [3.63, 3.8) is 0 Å². The van der Waals surface area contributed by atoms with Gasteiger partial charge in [-0.05, 0) is 30.4 Å². The van der Waals surface area contributed by atoms with Gasteiger partial charge < -0.3 is 15.2 Å². The first kappa shape index (κ1) is 13.8. The molecule has 6 heteroatoms. The summed E-state index contributed by atoms with van der Waals surface area (Å²) in [7, 11) is 1.42. The first-order valence-electron chi connectivity index (χ1n) is 6.29. The van der Waals surface area contributed by atoms with Gasteiger partial charge in [0.1, 0.15) is 0 Å². The van der Waals surface area contributed by atoms with Crippen molar-refractivity contribution in [1.82, 2.24) is 0 Å². The lowest BCUT2D eigenvalue weighted by atomic mass is 9.87. The molecule has 0 aromatic heterocycles. The van der Waals surface area contributed by atoms with E-state index in [1.54, 1.807) is 12.1 Å². The van der Waals surface area contributed by atoms with E-state index in [0.29, 0.717) is 19.1 Å². The van der Waals surface area contributed by atoms with Crippen LogP contribution in [0.3, 0.4) is 0 Å². The summed E-state index contributed by atoms with van der Waals surface area (Å²) in [5.74, 6) is 0.565. The van der Waals surface area contributed by atoms with Gasteiger partial charge in [-0.1, -0.05) is 6.07 Å². The van der Waals surface area contributed by atoms with Crippen molar-refractivity contribution in [2.45, 2.75) is 18.9 Å². The zero-order chi connectivity index (χ0) is 13.8. The minimum atomic E-state index is -0.445. The van der Waals surface area contributed by atoms with E-state index >= 15 is 0 Å². The second-order valence-corrected chi connectivity index (χ2v) is 4.66. The molecule has 0 unspecified atom stereocenters. The number of methoxy groups -OCH3 is 1. The molecule has 1 aromatic carbocycles. The molecular formula is C13H18N2O4. The van der Waals surface area contributed by atoms with Crippen LogP contribution in [-0.4, -0.2) is 25.2 Å². The summed E-state index contributed by atoms with van der Waals surface area (Å²) in [5, 5.41) is 11.0. The molecule has 0 amide bonds. The molecule has 0 saturated carbocycles. The standard InChI is InChI=1S/C13H18N2O4/c1-18-12-3-2-10(8-11(12)15(16)17)13(14)9-4-6-19-7-5-9/h2-3,8-9,13H,4-7,14H2,1H3/t13-/m0/s1. The van der Waals surface area contributed by atoms with E-state index < -0.39 is 4.92 Å². The summed E-state index contributed by atoms with van der Waals surface area (Å²) in [4.78, 5) is 10.6. The highest BCUT2D eigenvalue weighted by atomic mass is 16.6. The van der Waals surface area contributed by atoms with Gasteiger partial charge in [0, 0.05) is 25.3 Å². The van der Waals surface area contributed by atoms with Crippen molar-refractivity contribution in [3.05, 3.63) is 33.9 Å². The minimum absolute atomic E-state index is 0.0393. The lowest BCUT2D eigenvalue weighted by Gasteiger charge is -2.27. The number of nitrogens with zero attached hydrogens (tertiary/aromatic N) is 1. The van der Waals surface area contributed by atoms with Crippen LogP contribution in [0.5, 0.6) is 5.75 Å². The third-order valence-corrected chi connectivity index (χ3v) is 3.56. The number of nitro benzene ring substituents is 1. The van der Waals surface area contributed by atoms with Crippen molar-refractivity contribution in [1.29, 1.82) is 0 Å². The maximum absolute atomic E-state index is 11.0. The Kier molecular flexibility index (Phi) is 4.34. The van der Waals surface area contributed by atoms with Crippen LogP contribution in [-0.2, 0) is 4.74 Å². The van der Waals surface area contributed by atoms with Crippen LogP contribution in [0.2, 0.25) is 0 Å². The van der Waals surface area contributed by atoms with Gasteiger partial charge in [0.05, 0.1) is 12.0 Å². The molecular weight excluding hydrogens is 248 g/mol. The number of hydrogen-bond donors (Lipinski definition) is 1. The number of nitro groups is 1. The first-order chi connectivity index (χ1) is 9.13. The van der Waals surface area contributed by atoms with E-state index in [1.807, 2.05) is 0 Å². The Bertz CT molecular complexity index is 458. The van der Waals surface area contributed by atoms with E-state index in [0.717, 1.165) is 18.4 Å². The summed E-state index contributed by atoms with van der Waals surface area (Å²) in [6.45, 7) is 1.41. The summed E-state index contributed by atoms with van der Waals surface area (Å²) in [5.41, 5.74) is 6.95. The molecule has 0 radical (unpaired) electrons. The molecule has 1 aliphatic rings. The van der Waals surface area contributed by atoms with E-state index in [9.17, 15) is 10.1 Å². The highest BCUT2D eigenvalue weighted by Crippen LogP contribution is 2.33. The van der Waals surface area contributed by atoms with E-state index in [4.69, 9.17) is 15.2 Å². The fraction of sp³-hybridized carbons (Fsp3) is 0.538. The Morgan fingerprint density at radius 3 is 2.74 bits per heavy atom. The zero-order valence-electron chi connectivity index (χ0n) is 10.9. The average molecular weight is 266 g/mol. The molecule has 2 rings (SSSR count). The van der Waals surface area contributed by atoms with Gasteiger partial charge in [-0.25, -0.2) is 0 Å². The molecule has 1 aromatic rings. The van der Waals surface area contributed by atoms with Crippen LogP contribution >= 0.6 is 0 Å². The molecule has 0 spiro atoms. The molecule has 104 valence electrons. The molecule has 1 heterocycles. The lowest BCUT2D eigenvalue weighted by molar-refractivity contribution is -0.385. The Labute approximate surface area is 111 Å². The Hall–Kier alpha value is -1.66. The van der Waals surface area contributed by atoms with Crippen LogP contribution in [0, 0.1) is 16.0 Å². The fourth-order valence-electron chi connectivity index (χ4n) is 2.40. The average Bonchev–Trinajstić information content (AvgIpc) is 2.46. The van der Waals surface area contributed by atoms with Crippen molar-refractivity contribution in [2.75, 3.05) is 20.3 Å². The molecule has 1 saturated heterocycles. The maximum atomic E-state index is 11.0. The molecule has 2 N–H and O–H groups in total. The largest absolute Gasteiger partial charge is 0.490 e. The van der Waals surface area contributed by atoms with E-state index in [1.165, 1.54) is 13.2 Å². The van der Waals surface area contributed by atoms with Gasteiger partial charge in [0.2, 0.25) is 0 Å². The number of ether oxygens (including phenoxy) is 2. The predicted molar refractivity (Wildman–Crippen MR) is 70.1 cm³/mol. The van der Waals surface area contributed by atoms with Gasteiger partial charge in [-0.2, -0.15) is 0 Å². The monoisotopic (exact) mass is 266 g/mol. The normalized spacial score (nSPS) is 18.0. The quantitative estimate of drug-likeness (QED) is 0.665. The maximum Gasteiger partial charge on any atom is 0.311 e. The van der Waals surface area contributed by atoms with Gasteiger partial charge in [-0.3, -0.25) is 10.1 Å². The van der Waals surface area contributed by atoms with Crippen LogP contribution in [0.4, 0.5) is 5.69 Å². The summed E-state index contributed by atoms with van der Waals surface area (Å²) in [6.07, 6.45) is 1.78.